The molecule has 0 saturated heterocycles. The Morgan fingerprint density at radius 1 is 1.26 bits per heavy atom. The Morgan fingerprint density at radius 3 is 2.47 bits per heavy atom. The Balaban J connectivity index is 2.58. The van der Waals surface area contributed by atoms with Crippen molar-refractivity contribution in [3.05, 3.63) is 22.2 Å². The fourth-order valence-corrected chi connectivity index (χ4v) is 2.49. The molecule has 0 aliphatic rings. The summed E-state index contributed by atoms with van der Waals surface area (Å²) in [4.78, 5) is 0. The topological polar surface area (TPSA) is 30.5 Å². The number of hydrogen-bond acceptors (Lipinski definition) is 4. The number of benzene rings is 1. The van der Waals surface area contributed by atoms with E-state index in [1.165, 1.54) is 12.0 Å². The molecule has 1 rings (SSSR count). The van der Waals surface area contributed by atoms with Gasteiger partial charge in [-0.05, 0) is 36.9 Å². The fourth-order valence-electron chi connectivity index (χ4n) is 1.68. The van der Waals surface area contributed by atoms with Gasteiger partial charge < -0.3 is 14.8 Å². The zero-order chi connectivity index (χ0) is 14.3. The summed E-state index contributed by atoms with van der Waals surface area (Å²) in [5, 5.41) is 4.15. The molecule has 5 heteroatoms. The van der Waals surface area contributed by atoms with E-state index in [1.807, 2.05) is 23.9 Å². The van der Waals surface area contributed by atoms with E-state index in [1.54, 1.807) is 14.2 Å². The molecule has 0 aliphatic heterocycles. The molecule has 0 spiro atoms. The van der Waals surface area contributed by atoms with Crippen molar-refractivity contribution in [3.63, 3.8) is 0 Å². The summed E-state index contributed by atoms with van der Waals surface area (Å²) < 4.78 is 11.6. The van der Waals surface area contributed by atoms with Gasteiger partial charge in [-0.3, -0.25) is 0 Å². The first-order chi connectivity index (χ1) is 9.12. The molecule has 0 aliphatic carbocycles. The zero-order valence-electron chi connectivity index (χ0n) is 12.0. The predicted octanol–water partition coefficient (Wildman–Crippen LogP) is 3.70. The maximum atomic E-state index is 5.32. The number of ether oxygens (including phenoxy) is 2. The number of methoxy groups -OCH3 is 2. The van der Waals surface area contributed by atoms with Crippen LogP contribution >= 0.6 is 27.7 Å². The number of rotatable bonds is 8. The molecule has 1 unspecified atom stereocenters. The third kappa shape index (κ3) is 5.24. The van der Waals surface area contributed by atoms with Crippen LogP contribution in [-0.2, 0) is 6.54 Å². The molecule has 108 valence electrons. The van der Waals surface area contributed by atoms with Crippen LogP contribution in [0.15, 0.2) is 16.6 Å². The first-order valence-corrected chi connectivity index (χ1v) is 8.34. The molecule has 3 nitrogen and oxygen atoms in total. The lowest BCUT2D eigenvalue weighted by atomic mass is 10.2. The van der Waals surface area contributed by atoms with Gasteiger partial charge in [-0.15, -0.1) is 0 Å². The molecule has 0 fully saturated rings. The second-order valence-electron chi connectivity index (χ2n) is 4.31. The lowest BCUT2D eigenvalue weighted by Crippen LogP contribution is -2.18. The van der Waals surface area contributed by atoms with Crippen LogP contribution in [0.5, 0.6) is 11.5 Å². The van der Waals surface area contributed by atoms with Crippen LogP contribution in [0.25, 0.3) is 0 Å². The second-order valence-corrected chi connectivity index (χ2v) is 6.44. The first kappa shape index (κ1) is 16.7. The predicted molar refractivity (Wildman–Crippen MR) is 86.5 cm³/mol. The highest BCUT2D eigenvalue weighted by atomic mass is 79.9. The fraction of sp³-hybridized carbons (Fsp3) is 0.571. The first-order valence-electron chi connectivity index (χ1n) is 6.26. The summed E-state index contributed by atoms with van der Waals surface area (Å²) in [6.45, 7) is 4.09. The monoisotopic (exact) mass is 347 g/mol. The van der Waals surface area contributed by atoms with Gasteiger partial charge in [0, 0.05) is 16.3 Å². The zero-order valence-corrected chi connectivity index (χ0v) is 14.4. The van der Waals surface area contributed by atoms with Gasteiger partial charge >= 0.3 is 0 Å². The molecule has 19 heavy (non-hydrogen) atoms. The molecule has 1 aromatic rings. The molecular weight excluding hydrogens is 326 g/mol. The van der Waals surface area contributed by atoms with Crippen LogP contribution in [0.1, 0.15) is 18.9 Å². The molecule has 0 heterocycles. The minimum atomic E-state index is 0.696. The quantitative estimate of drug-likeness (QED) is 0.726. The molecule has 0 aromatic heterocycles. The molecule has 1 aromatic carbocycles. The number of thioether (sulfide) groups is 1. The Hall–Kier alpha value is -0.390. The average Bonchev–Trinajstić information content (AvgIpc) is 2.43. The SMILES string of the molecule is COc1cc(Br)c(CNCCC(C)SC)cc1OC. The minimum Gasteiger partial charge on any atom is -0.493 e. The standard InChI is InChI=1S/C14H22BrNO2S/c1-10(19-4)5-6-16-9-11-7-13(17-2)14(18-3)8-12(11)15/h7-8,10,16H,5-6,9H2,1-4H3. The lowest BCUT2D eigenvalue weighted by molar-refractivity contribution is 0.354. The summed E-state index contributed by atoms with van der Waals surface area (Å²) in [7, 11) is 3.30. The van der Waals surface area contributed by atoms with Gasteiger partial charge in [0.05, 0.1) is 14.2 Å². The highest BCUT2D eigenvalue weighted by molar-refractivity contribution is 9.10. The largest absolute Gasteiger partial charge is 0.493 e. The van der Waals surface area contributed by atoms with Crippen molar-refractivity contribution in [1.82, 2.24) is 5.32 Å². The van der Waals surface area contributed by atoms with E-state index in [-0.39, 0.29) is 0 Å². The van der Waals surface area contributed by atoms with Crippen LogP contribution in [0.2, 0.25) is 0 Å². The normalized spacial score (nSPS) is 12.3. The van der Waals surface area contributed by atoms with Gasteiger partial charge in [0.25, 0.3) is 0 Å². The molecule has 1 atom stereocenters. The summed E-state index contributed by atoms with van der Waals surface area (Å²) in [6, 6.07) is 3.95. The summed E-state index contributed by atoms with van der Waals surface area (Å²) in [6.07, 6.45) is 3.32. The second kappa shape index (κ2) is 8.72. The van der Waals surface area contributed by atoms with Crippen LogP contribution in [-0.4, -0.2) is 32.3 Å². The Bertz CT molecular complexity index is 401. The summed E-state index contributed by atoms with van der Waals surface area (Å²) in [5.41, 5.74) is 1.18. The molecule has 0 saturated carbocycles. The van der Waals surface area contributed by atoms with E-state index in [2.05, 4.69) is 34.4 Å². The smallest absolute Gasteiger partial charge is 0.161 e. The van der Waals surface area contributed by atoms with Gasteiger partial charge in [0.15, 0.2) is 11.5 Å². The third-order valence-electron chi connectivity index (χ3n) is 3.00. The maximum Gasteiger partial charge on any atom is 0.161 e. The van der Waals surface area contributed by atoms with Gasteiger partial charge in [-0.2, -0.15) is 11.8 Å². The molecular formula is C14H22BrNO2S. The van der Waals surface area contributed by atoms with Crippen LogP contribution in [0, 0.1) is 0 Å². The van der Waals surface area contributed by atoms with E-state index >= 15 is 0 Å². The molecule has 0 bridgehead atoms. The molecule has 0 radical (unpaired) electrons. The highest BCUT2D eigenvalue weighted by Crippen LogP contribution is 2.33. The van der Waals surface area contributed by atoms with Crippen LogP contribution in [0.4, 0.5) is 0 Å². The van der Waals surface area contributed by atoms with Crippen LogP contribution in [0.3, 0.4) is 0 Å². The Labute approximate surface area is 128 Å². The Kier molecular flexibility index (Phi) is 7.64. The number of halogens is 1. The van der Waals surface area contributed by atoms with Crippen molar-refractivity contribution in [2.75, 3.05) is 27.0 Å². The lowest BCUT2D eigenvalue weighted by Gasteiger charge is -2.13. The van der Waals surface area contributed by atoms with Crippen molar-refractivity contribution >= 4 is 27.7 Å². The maximum absolute atomic E-state index is 5.32. The van der Waals surface area contributed by atoms with Gasteiger partial charge in [0.1, 0.15) is 0 Å². The van der Waals surface area contributed by atoms with E-state index < -0.39 is 0 Å². The van der Waals surface area contributed by atoms with Gasteiger partial charge in [0.2, 0.25) is 0 Å². The summed E-state index contributed by atoms with van der Waals surface area (Å²) >= 11 is 5.47. The third-order valence-corrected chi connectivity index (χ3v) is 4.78. The molecule has 1 N–H and O–H groups in total. The average molecular weight is 348 g/mol. The minimum absolute atomic E-state index is 0.696. The van der Waals surface area contributed by atoms with Gasteiger partial charge in [-0.25, -0.2) is 0 Å². The number of nitrogens with one attached hydrogen (secondary N) is 1. The van der Waals surface area contributed by atoms with E-state index in [0.717, 1.165) is 29.1 Å². The van der Waals surface area contributed by atoms with E-state index in [0.29, 0.717) is 5.25 Å². The Morgan fingerprint density at radius 2 is 1.89 bits per heavy atom. The van der Waals surface area contributed by atoms with Crippen molar-refractivity contribution < 1.29 is 9.47 Å². The van der Waals surface area contributed by atoms with Gasteiger partial charge in [-0.1, -0.05) is 22.9 Å². The summed E-state index contributed by atoms with van der Waals surface area (Å²) in [5.74, 6) is 1.51. The van der Waals surface area contributed by atoms with Crippen molar-refractivity contribution in [3.8, 4) is 11.5 Å². The van der Waals surface area contributed by atoms with Crippen molar-refractivity contribution in [2.45, 2.75) is 25.1 Å². The number of hydrogen-bond donors (Lipinski definition) is 1. The highest BCUT2D eigenvalue weighted by Gasteiger charge is 2.09. The van der Waals surface area contributed by atoms with E-state index in [9.17, 15) is 0 Å². The van der Waals surface area contributed by atoms with Crippen LogP contribution < -0.4 is 14.8 Å². The van der Waals surface area contributed by atoms with Crippen molar-refractivity contribution in [1.29, 1.82) is 0 Å². The van der Waals surface area contributed by atoms with E-state index in [4.69, 9.17) is 9.47 Å². The van der Waals surface area contributed by atoms with Crippen molar-refractivity contribution in [2.24, 2.45) is 0 Å². The molecule has 0 amide bonds.